The van der Waals surface area contributed by atoms with Crippen molar-refractivity contribution in [2.75, 3.05) is 25.5 Å². The highest BCUT2D eigenvalue weighted by molar-refractivity contribution is 5.49. The second-order valence-corrected chi connectivity index (χ2v) is 4.35. The Labute approximate surface area is 96.7 Å². The Morgan fingerprint density at radius 1 is 1.56 bits per heavy atom. The fourth-order valence-electron chi connectivity index (χ4n) is 2.17. The van der Waals surface area contributed by atoms with Crippen molar-refractivity contribution in [1.82, 2.24) is 4.90 Å². The van der Waals surface area contributed by atoms with E-state index < -0.39 is 0 Å². The quantitative estimate of drug-likeness (QED) is 0.839. The maximum Gasteiger partial charge on any atom is 0.0992 e. The van der Waals surface area contributed by atoms with Gasteiger partial charge in [-0.25, -0.2) is 0 Å². The minimum absolute atomic E-state index is 0.630. The molecule has 16 heavy (non-hydrogen) atoms. The number of rotatable bonds is 3. The van der Waals surface area contributed by atoms with Gasteiger partial charge in [-0.15, -0.1) is 0 Å². The second-order valence-electron chi connectivity index (χ2n) is 4.35. The molecule has 0 spiro atoms. The first kappa shape index (κ1) is 11.0. The molecule has 1 aromatic carbocycles. The summed E-state index contributed by atoms with van der Waals surface area (Å²) >= 11 is 0. The summed E-state index contributed by atoms with van der Waals surface area (Å²) in [6.07, 6.45) is 2.56. The summed E-state index contributed by atoms with van der Waals surface area (Å²) in [6, 6.07) is 10.4. The van der Waals surface area contributed by atoms with Gasteiger partial charge < -0.3 is 10.2 Å². The predicted molar refractivity (Wildman–Crippen MR) is 65.3 cm³/mol. The second kappa shape index (κ2) is 5.00. The summed E-state index contributed by atoms with van der Waals surface area (Å²) in [7, 11) is 2.17. The first-order chi connectivity index (χ1) is 7.79. The van der Waals surface area contributed by atoms with Gasteiger partial charge in [0.05, 0.1) is 11.6 Å². The standard InChI is InChI=1S/C13H17N3/c1-16-7-3-6-13(16)10-15-12-5-2-4-11(8-12)9-14/h2,4-5,8,13,15H,3,6-7,10H2,1H3. The SMILES string of the molecule is CN1CCCC1CNc1cccc(C#N)c1. The van der Waals surface area contributed by atoms with E-state index in [2.05, 4.69) is 23.3 Å². The van der Waals surface area contributed by atoms with E-state index in [9.17, 15) is 0 Å². The van der Waals surface area contributed by atoms with E-state index >= 15 is 0 Å². The molecule has 1 aromatic rings. The van der Waals surface area contributed by atoms with Gasteiger partial charge in [-0.2, -0.15) is 5.26 Å². The topological polar surface area (TPSA) is 39.1 Å². The Hall–Kier alpha value is -1.53. The molecule has 0 aromatic heterocycles. The molecule has 0 bridgehead atoms. The van der Waals surface area contributed by atoms with Crippen molar-refractivity contribution in [1.29, 1.82) is 5.26 Å². The van der Waals surface area contributed by atoms with Crippen LogP contribution in [0, 0.1) is 11.3 Å². The van der Waals surface area contributed by atoms with Crippen molar-refractivity contribution >= 4 is 5.69 Å². The van der Waals surface area contributed by atoms with Gasteiger partial charge in [0, 0.05) is 18.3 Å². The highest BCUT2D eigenvalue weighted by Crippen LogP contribution is 2.16. The van der Waals surface area contributed by atoms with Gasteiger partial charge >= 0.3 is 0 Å². The zero-order valence-electron chi connectivity index (χ0n) is 9.61. The molecule has 3 heteroatoms. The molecule has 0 amide bonds. The first-order valence-corrected chi connectivity index (χ1v) is 5.74. The molecule has 84 valence electrons. The number of nitrogens with one attached hydrogen (secondary N) is 1. The monoisotopic (exact) mass is 215 g/mol. The highest BCUT2D eigenvalue weighted by Gasteiger charge is 2.19. The Balaban J connectivity index is 1.92. The molecule has 2 rings (SSSR count). The predicted octanol–water partition coefficient (Wildman–Crippen LogP) is 2.06. The summed E-state index contributed by atoms with van der Waals surface area (Å²) in [5.41, 5.74) is 1.75. The van der Waals surface area contributed by atoms with Crippen LogP contribution in [0.25, 0.3) is 0 Å². The number of benzene rings is 1. The van der Waals surface area contributed by atoms with E-state index in [0.717, 1.165) is 12.2 Å². The minimum Gasteiger partial charge on any atom is -0.383 e. The summed E-state index contributed by atoms with van der Waals surface area (Å²) in [5.74, 6) is 0. The average Bonchev–Trinajstić information content (AvgIpc) is 2.72. The van der Waals surface area contributed by atoms with Crippen molar-refractivity contribution in [3.63, 3.8) is 0 Å². The lowest BCUT2D eigenvalue weighted by molar-refractivity contribution is 0.322. The largest absolute Gasteiger partial charge is 0.383 e. The lowest BCUT2D eigenvalue weighted by atomic mass is 10.2. The molecule has 0 saturated carbocycles. The number of nitriles is 1. The van der Waals surface area contributed by atoms with Crippen LogP contribution >= 0.6 is 0 Å². The molecule has 1 unspecified atom stereocenters. The molecule has 1 atom stereocenters. The van der Waals surface area contributed by atoms with E-state index in [1.54, 1.807) is 0 Å². The van der Waals surface area contributed by atoms with Gasteiger partial charge in [0.15, 0.2) is 0 Å². The van der Waals surface area contributed by atoms with Gasteiger partial charge in [0.2, 0.25) is 0 Å². The van der Waals surface area contributed by atoms with E-state index in [1.165, 1.54) is 19.4 Å². The van der Waals surface area contributed by atoms with Crippen LogP contribution < -0.4 is 5.32 Å². The van der Waals surface area contributed by atoms with Crippen molar-refractivity contribution in [3.8, 4) is 6.07 Å². The Morgan fingerprint density at radius 3 is 3.12 bits per heavy atom. The van der Waals surface area contributed by atoms with Gasteiger partial charge in [0.25, 0.3) is 0 Å². The highest BCUT2D eigenvalue weighted by atomic mass is 15.2. The third kappa shape index (κ3) is 2.53. The Morgan fingerprint density at radius 2 is 2.44 bits per heavy atom. The number of hydrogen-bond donors (Lipinski definition) is 1. The van der Waals surface area contributed by atoms with Crippen molar-refractivity contribution in [3.05, 3.63) is 29.8 Å². The third-order valence-electron chi connectivity index (χ3n) is 3.20. The number of nitrogens with zero attached hydrogens (tertiary/aromatic N) is 2. The summed E-state index contributed by atoms with van der Waals surface area (Å²) in [5, 5.41) is 12.2. The molecule has 1 aliphatic heterocycles. The normalized spacial score (nSPS) is 20.6. The van der Waals surface area contributed by atoms with Crippen molar-refractivity contribution in [2.24, 2.45) is 0 Å². The van der Waals surface area contributed by atoms with Crippen LogP contribution in [-0.2, 0) is 0 Å². The smallest absolute Gasteiger partial charge is 0.0992 e. The lowest BCUT2D eigenvalue weighted by Gasteiger charge is -2.20. The van der Waals surface area contributed by atoms with Crippen LogP contribution in [0.4, 0.5) is 5.69 Å². The summed E-state index contributed by atoms with van der Waals surface area (Å²) in [4.78, 5) is 2.39. The maximum atomic E-state index is 8.80. The molecule has 1 saturated heterocycles. The molecule has 1 fully saturated rings. The molecular formula is C13H17N3. The van der Waals surface area contributed by atoms with E-state index in [0.29, 0.717) is 11.6 Å². The van der Waals surface area contributed by atoms with E-state index in [1.807, 2.05) is 24.3 Å². The van der Waals surface area contributed by atoms with Crippen molar-refractivity contribution < 1.29 is 0 Å². The molecule has 1 N–H and O–H groups in total. The molecule has 1 aliphatic rings. The summed E-state index contributed by atoms with van der Waals surface area (Å²) in [6.45, 7) is 2.16. The van der Waals surface area contributed by atoms with Crippen LogP contribution in [0.3, 0.4) is 0 Å². The number of likely N-dealkylation sites (N-methyl/N-ethyl adjacent to an activating group) is 1. The molecule has 3 nitrogen and oxygen atoms in total. The van der Waals surface area contributed by atoms with Crippen LogP contribution in [0.15, 0.2) is 24.3 Å². The Bertz CT molecular complexity index is 394. The van der Waals surface area contributed by atoms with Crippen LogP contribution in [0.1, 0.15) is 18.4 Å². The van der Waals surface area contributed by atoms with Crippen LogP contribution in [-0.4, -0.2) is 31.1 Å². The summed E-state index contributed by atoms with van der Waals surface area (Å²) < 4.78 is 0. The number of hydrogen-bond acceptors (Lipinski definition) is 3. The van der Waals surface area contributed by atoms with Gasteiger partial charge in [0.1, 0.15) is 0 Å². The van der Waals surface area contributed by atoms with Crippen molar-refractivity contribution in [2.45, 2.75) is 18.9 Å². The van der Waals surface area contributed by atoms with E-state index in [4.69, 9.17) is 5.26 Å². The molecule has 1 heterocycles. The lowest BCUT2D eigenvalue weighted by Crippen LogP contribution is -2.31. The zero-order chi connectivity index (χ0) is 11.4. The van der Waals surface area contributed by atoms with Gasteiger partial charge in [-0.1, -0.05) is 6.07 Å². The number of anilines is 1. The number of likely N-dealkylation sites (tertiary alicyclic amines) is 1. The van der Waals surface area contributed by atoms with Crippen LogP contribution in [0.2, 0.25) is 0 Å². The van der Waals surface area contributed by atoms with E-state index in [-0.39, 0.29) is 0 Å². The fourth-order valence-corrected chi connectivity index (χ4v) is 2.17. The molecular weight excluding hydrogens is 198 g/mol. The fraction of sp³-hybridized carbons (Fsp3) is 0.462. The maximum absolute atomic E-state index is 8.80. The van der Waals surface area contributed by atoms with Crippen LogP contribution in [0.5, 0.6) is 0 Å². The average molecular weight is 215 g/mol. The third-order valence-corrected chi connectivity index (χ3v) is 3.20. The first-order valence-electron chi connectivity index (χ1n) is 5.74. The zero-order valence-corrected chi connectivity index (χ0v) is 9.61. The Kier molecular flexibility index (Phi) is 3.43. The molecule has 0 aliphatic carbocycles. The molecule has 0 radical (unpaired) electrons. The van der Waals surface area contributed by atoms with Gasteiger partial charge in [-0.05, 0) is 44.6 Å². The minimum atomic E-state index is 0.630. The van der Waals surface area contributed by atoms with Gasteiger partial charge in [-0.3, -0.25) is 0 Å².